The first-order valence-corrected chi connectivity index (χ1v) is 9.88. The highest BCUT2D eigenvalue weighted by molar-refractivity contribution is 6.31. The number of amides is 1. The number of rotatable bonds is 5. The molecule has 0 saturated heterocycles. The van der Waals surface area contributed by atoms with Gasteiger partial charge in [0.2, 0.25) is 0 Å². The molecule has 0 bridgehead atoms. The van der Waals surface area contributed by atoms with Crippen molar-refractivity contribution in [1.29, 1.82) is 0 Å². The van der Waals surface area contributed by atoms with Gasteiger partial charge >= 0.3 is 0 Å². The molecule has 1 aliphatic rings. The van der Waals surface area contributed by atoms with Gasteiger partial charge in [0.1, 0.15) is 5.75 Å². The van der Waals surface area contributed by atoms with E-state index in [1.807, 2.05) is 31.2 Å². The van der Waals surface area contributed by atoms with Gasteiger partial charge in [-0.15, -0.1) is 0 Å². The van der Waals surface area contributed by atoms with Gasteiger partial charge in [-0.2, -0.15) is 0 Å². The molecule has 0 unspecified atom stereocenters. The zero-order chi connectivity index (χ0) is 21.5. The number of aromatic hydroxyl groups is 1. The number of Topliss-reactive ketones (excluding diaryl/α,β-unsaturated/α-hetero) is 1. The van der Waals surface area contributed by atoms with Gasteiger partial charge in [-0.1, -0.05) is 53.6 Å². The monoisotopic (exact) mass is 421 g/mol. The second-order valence-electron chi connectivity index (χ2n) is 7.52. The van der Waals surface area contributed by atoms with E-state index in [4.69, 9.17) is 11.6 Å². The van der Waals surface area contributed by atoms with Gasteiger partial charge in [0.15, 0.2) is 11.4 Å². The van der Waals surface area contributed by atoms with E-state index in [0.717, 1.165) is 11.1 Å². The number of carbonyl (C=O) groups excluding carboxylic acids is 2. The molecule has 3 aromatic carbocycles. The summed E-state index contributed by atoms with van der Waals surface area (Å²) >= 11 is 6.14. The van der Waals surface area contributed by atoms with Crippen LogP contribution in [-0.2, 0) is 16.9 Å². The van der Waals surface area contributed by atoms with Crippen LogP contribution in [0.4, 0.5) is 5.69 Å². The van der Waals surface area contributed by atoms with Gasteiger partial charge in [-0.25, -0.2) is 0 Å². The number of anilines is 1. The van der Waals surface area contributed by atoms with E-state index in [2.05, 4.69) is 0 Å². The zero-order valence-corrected chi connectivity index (χ0v) is 17.1. The average molecular weight is 422 g/mol. The maximum absolute atomic E-state index is 13.3. The van der Waals surface area contributed by atoms with Gasteiger partial charge in [-0.05, 0) is 42.8 Å². The third-order valence-electron chi connectivity index (χ3n) is 5.38. The number of ketones is 1. The normalized spacial score (nSPS) is 17.8. The molecule has 5 nitrogen and oxygen atoms in total. The standard InChI is InChI=1S/C24H20ClNO4/c1-15-6-8-16(9-7-15)14-26-20-11-10-17(25)12-19(20)24(30,23(26)29)13-22(28)18-4-2-3-5-21(18)27/h2-12,27,30H,13-14H2,1H3/t24-/m1/s1. The van der Waals surface area contributed by atoms with E-state index < -0.39 is 23.7 Å². The number of hydrogen-bond donors (Lipinski definition) is 2. The molecule has 4 rings (SSSR count). The number of aryl methyl sites for hydroxylation is 1. The third-order valence-corrected chi connectivity index (χ3v) is 5.61. The summed E-state index contributed by atoms with van der Waals surface area (Å²) in [4.78, 5) is 27.6. The van der Waals surface area contributed by atoms with E-state index in [1.165, 1.54) is 23.1 Å². The summed E-state index contributed by atoms with van der Waals surface area (Å²) in [5.74, 6) is -1.32. The average Bonchev–Trinajstić information content (AvgIpc) is 2.91. The lowest BCUT2D eigenvalue weighted by Gasteiger charge is -2.23. The molecule has 3 aromatic rings. The lowest BCUT2D eigenvalue weighted by atomic mass is 9.88. The van der Waals surface area contributed by atoms with E-state index >= 15 is 0 Å². The summed E-state index contributed by atoms with van der Waals surface area (Å²) < 4.78 is 0. The Labute approximate surface area is 179 Å². The quantitative estimate of drug-likeness (QED) is 0.600. The Hall–Kier alpha value is -3.15. The summed E-state index contributed by atoms with van der Waals surface area (Å²) in [5.41, 5.74) is 0.784. The van der Waals surface area contributed by atoms with Gasteiger partial charge in [0.25, 0.3) is 5.91 Å². The minimum Gasteiger partial charge on any atom is -0.507 e. The van der Waals surface area contributed by atoms with Gasteiger partial charge in [0, 0.05) is 10.6 Å². The fourth-order valence-electron chi connectivity index (χ4n) is 3.76. The van der Waals surface area contributed by atoms with Crippen LogP contribution in [-0.4, -0.2) is 21.9 Å². The number of hydrogen-bond acceptors (Lipinski definition) is 4. The van der Waals surface area contributed by atoms with Gasteiger partial charge in [-0.3, -0.25) is 9.59 Å². The van der Waals surface area contributed by atoms with Gasteiger partial charge < -0.3 is 15.1 Å². The summed E-state index contributed by atoms with van der Waals surface area (Å²) in [6.07, 6.45) is -0.499. The fraction of sp³-hybridized carbons (Fsp3) is 0.167. The van der Waals surface area contributed by atoms with Crippen LogP contribution >= 0.6 is 11.6 Å². The fourth-order valence-corrected chi connectivity index (χ4v) is 3.94. The predicted octanol–water partition coefficient (Wildman–Crippen LogP) is 4.36. The number of para-hydroxylation sites is 1. The molecule has 152 valence electrons. The number of phenolic OH excluding ortho intramolecular Hbond substituents is 1. The minimum atomic E-state index is -2.07. The van der Waals surface area contributed by atoms with E-state index in [9.17, 15) is 19.8 Å². The largest absolute Gasteiger partial charge is 0.507 e. The first-order chi connectivity index (χ1) is 14.3. The third kappa shape index (κ3) is 3.47. The van der Waals surface area contributed by atoms with Crippen molar-refractivity contribution in [1.82, 2.24) is 0 Å². The van der Waals surface area contributed by atoms with Crippen LogP contribution in [0.15, 0.2) is 66.7 Å². The van der Waals surface area contributed by atoms with Crippen molar-refractivity contribution in [2.45, 2.75) is 25.5 Å². The summed E-state index contributed by atoms with van der Waals surface area (Å²) in [5, 5.41) is 21.7. The topological polar surface area (TPSA) is 77.8 Å². The highest BCUT2D eigenvalue weighted by atomic mass is 35.5. The molecule has 0 aromatic heterocycles. The molecule has 0 aliphatic carbocycles. The van der Waals surface area contributed by atoms with Gasteiger partial charge in [0.05, 0.1) is 24.2 Å². The van der Waals surface area contributed by atoms with Crippen LogP contribution < -0.4 is 4.90 Å². The number of aliphatic hydroxyl groups is 1. The molecule has 30 heavy (non-hydrogen) atoms. The number of benzene rings is 3. The van der Waals surface area contributed by atoms with Crippen LogP contribution in [0.3, 0.4) is 0 Å². The van der Waals surface area contributed by atoms with E-state index in [-0.39, 0.29) is 23.4 Å². The molecule has 1 atom stereocenters. The second kappa shape index (κ2) is 7.59. The lowest BCUT2D eigenvalue weighted by molar-refractivity contribution is -0.136. The number of fused-ring (bicyclic) bond motifs is 1. The summed E-state index contributed by atoms with van der Waals surface area (Å²) in [7, 11) is 0. The first-order valence-electron chi connectivity index (χ1n) is 9.51. The molecule has 6 heteroatoms. The molecular formula is C24H20ClNO4. The number of halogens is 1. The van der Waals surface area contributed by atoms with Crippen molar-refractivity contribution >= 4 is 29.0 Å². The first kappa shape index (κ1) is 20.1. The molecule has 1 heterocycles. The molecule has 0 spiro atoms. The zero-order valence-electron chi connectivity index (χ0n) is 16.3. The molecule has 1 amide bonds. The molecule has 2 N–H and O–H groups in total. The van der Waals surface area contributed by atoms with Crippen LogP contribution in [0.5, 0.6) is 5.75 Å². The van der Waals surface area contributed by atoms with Crippen LogP contribution in [0.1, 0.15) is 33.5 Å². The number of phenols is 1. The number of nitrogens with zero attached hydrogens (tertiary/aromatic N) is 1. The Morgan fingerprint density at radius 3 is 2.47 bits per heavy atom. The van der Waals surface area contributed by atoms with E-state index in [1.54, 1.807) is 24.3 Å². The lowest BCUT2D eigenvalue weighted by Crippen LogP contribution is -2.41. The smallest absolute Gasteiger partial charge is 0.264 e. The maximum atomic E-state index is 13.3. The Morgan fingerprint density at radius 2 is 1.77 bits per heavy atom. The Kier molecular flexibility index (Phi) is 5.10. The molecule has 0 radical (unpaired) electrons. The van der Waals surface area contributed by atoms with Crippen LogP contribution in [0, 0.1) is 6.92 Å². The molecule has 1 aliphatic heterocycles. The van der Waals surface area contributed by atoms with Crippen LogP contribution in [0.2, 0.25) is 5.02 Å². The maximum Gasteiger partial charge on any atom is 0.264 e. The Bertz CT molecular complexity index is 1140. The van der Waals surface area contributed by atoms with Crippen molar-refractivity contribution in [3.63, 3.8) is 0 Å². The minimum absolute atomic E-state index is 0.0549. The van der Waals surface area contributed by atoms with Crippen molar-refractivity contribution in [2.24, 2.45) is 0 Å². The van der Waals surface area contributed by atoms with Crippen molar-refractivity contribution in [2.75, 3.05) is 4.90 Å². The molecular weight excluding hydrogens is 402 g/mol. The molecule has 0 saturated carbocycles. The predicted molar refractivity (Wildman–Crippen MR) is 115 cm³/mol. The van der Waals surface area contributed by atoms with Crippen LogP contribution in [0.25, 0.3) is 0 Å². The highest BCUT2D eigenvalue weighted by Gasteiger charge is 2.51. The molecule has 0 fully saturated rings. The SMILES string of the molecule is Cc1ccc(CN2C(=O)[C@@](O)(CC(=O)c3ccccc3O)c3cc(Cl)ccc32)cc1. The van der Waals surface area contributed by atoms with Crippen molar-refractivity contribution in [3.05, 3.63) is 94.0 Å². The highest BCUT2D eigenvalue weighted by Crippen LogP contribution is 2.45. The Balaban J connectivity index is 1.72. The van der Waals surface area contributed by atoms with E-state index in [0.29, 0.717) is 10.7 Å². The number of carbonyl (C=O) groups is 2. The summed E-state index contributed by atoms with van der Waals surface area (Å²) in [6.45, 7) is 2.23. The van der Waals surface area contributed by atoms with Crippen molar-refractivity contribution < 1.29 is 19.8 Å². The van der Waals surface area contributed by atoms with Crippen molar-refractivity contribution in [3.8, 4) is 5.75 Å². The Morgan fingerprint density at radius 1 is 1.07 bits per heavy atom. The summed E-state index contributed by atoms with van der Waals surface area (Å²) in [6, 6.07) is 18.6. The second-order valence-corrected chi connectivity index (χ2v) is 7.95.